The number of hydrogen-bond acceptors (Lipinski definition) is 4. The largest absolute Gasteiger partial charge is 0.381 e. The van der Waals surface area contributed by atoms with Gasteiger partial charge in [0.1, 0.15) is 12.7 Å². The van der Waals surface area contributed by atoms with E-state index in [4.69, 9.17) is 9.47 Å². The van der Waals surface area contributed by atoms with Crippen LogP contribution in [0.5, 0.6) is 0 Å². The zero-order valence-corrected chi connectivity index (χ0v) is 16.9. The Morgan fingerprint density at radius 2 is 1.59 bits per heavy atom. The molecule has 2 aliphatic rings. The fourth-order valence-electron chi connectivity index (χ4n) is 4.16. The molecule has 0 aromatic heterocycles. The van der Waals surface area contributed by atoms with E-state index in [1.807, 2.05) is 65.6 Å². The molecule has 2 saturated heterocycles. The highest BCUT2D eigenvalue weighted by molar-refractivity contribution is 5.77. The summed E-state index contributed by atoms with van der Waals surface area (Å²) in [5.74, 6) is 0.726. The lowest BCUT2D eigenvalue weighted by Crippen LogP contribution is -2.50. The van der Waals surface area contributed by atoms with E-state index in [-0.39, 0.29) is 18.6 Å². The maximum atomic E-state index is 12.8. The average molecular weight is 395 g/mol. The highest BCUT2D eigenvalue weighted by Crippen LogP contribution is 2.26. The van der Waals surface area contributed by atoms with Gasteiger partial charge in [-0.05, 0) is 23.5 Å². The fourth-order valence-corrected chi connectivity index (χ4v) is 4.16. The highest BCUT2D eigenvalue weighted by atomic mass is 16.5. The zero-order chi connectivity index (χ0) is 19.9. The van der Waals surface area contributed by atoms with Crippen LogP contribution in [0.1, 0.15) is 23.7 Å². The molecule has 1 atom stereocenters. The first-order valence-electron chi connectivity index (χ1n) is 10.6. The Bertz CT molecular complexity index is 715. The molecule has 0 bridgehead atoms. The van der Waals surface area contributed by atoms with E-state index in [9.17, 15) is 4.79 Å². The number of carbonyl (C=O) groups excluding carboxylic acids is 1. The van der Waals surface area contributed by atoms with Gasteiger partial charge in [-0.2, -0.15) is 0 Å². The highest BCUT2D eigenvalue weighted by Gasteiger charge is 2.25. The number of piperazine rings is 1. The molecular weight excluding hydrogens is 364 g/mol. The molecule has 154 valence electrons. The van der Waals surface area contributed by atoms with Crippen LogP contribution in [-0.2, 0) is 14.3 Å². The molecule has 5 heteroatoms. The van der Waals surface area contributed by atoms with Crippen molar-refractivity contribution in [1.82, 2.24) is 9.80 Å². The Balaban J connectivity index is 1.30. The van der Waals surface area contributed by atoms with Gasteiger partial charge in [0.05, 0.1) is 6.61 Å². The van der Waals surface area contributed by atoms with Gasteiger partial charge in [0.2, 0.25) is 5.91 Å². The Morgan fingerprint density at radius 1 is 0.966 bits per heavy atom. The summed E-state index contributed by atoms with van der Waals surface area (Å²) >= 11 is 0. The van der Waals surface area contributed by atoms with Crippen LogP contribution >= 0.6 is 0 Å². The Kier molecular flexibility index (Phi) is 6.93. The minimum Gasteiger partial charge on any atom is -0.381 e. The summed E-state index contributed by atoms with van der Waals surface area (Å²) in [6.07, 6.45) is 0.929. The lowest BCUT2D eigenvalue weighted by molar-refractivity contribution is -0.139. The van der Waals surface area contributed by atoms with Crippen LogP contribution in [0.25, 0.3) is 0 Å². The maximum Gasteiger partial charge on any atom is 0.248 e. The lowest BCUT2D eigenvalue weighted by atomic mass is 10.0. The molecule has 2 heterocycles. The van der Waals surface area contributed by atoms with Crippen molar-refractivity contribution >= 4 is 5.91 Å². The van der Waals surface area contributed by atoms with Gasteiger partial charge >= 0.3 is 0 Å². The molecule has 0 radical (unpaired) electrons. The molecule has 0 aliphatic carbocycles. The Labute approximate surface area is 173 Å². The minimum absolute atomic E-state index is 0.0747. The summed E-state index contributed by atoms with van der Waals surface area (Å²) in [5, 5.41) is 0. The van der Waals surface area contributed by atoms with E-state index in [2.05, 4.69) is 4.90 Å². The van der Waals surface area contributed by atoms with Crippen molar-refractivity contribution < 1.29 is 14.3 Å². The standard InChI is InChI=1S/C24H30N2O3/c27-23(26-14-12-25(13-15-26)17-20-11-16-28-18-20)19-29-24(21-7-3-1-4-8-21)22-9-5-2-6-10-22/h1-10,20,24H,11-19H2. The summed E-state index contributed by atoms with van der Waals surface area (Å²) in [6, 6.07) is 20.2. The van der Waals surface area contributed by atoms with E-state index in [1.165, 1.54) is 0 Å². The maximum absolute atomic E-state index is 12.8. The van der Waals surface area contributed by atoms with Crippen LogP contribution in [0, 0.1) is 5.92 Å². The number of carbonyl (C=O) groups is 1. The SMILES string of the molecule is O=C(COC(c1ccccc1)c1ccccc1)N1CCN(CC2CCOC2)CC1. The third kappa shape index (κ3) is 5.44. The molecule has 2 fully saturated rings. The van der Waals surface area contributed by atoms with E-state index < -0.39 is 0 Å². The number of benzene rings is 2. The van der Waals surface area contributed by atoms with Gasteiger partial charge in [-0.3, -0.25) is 9.69 Å². The molecule has 0 saturated carbocycles. The molecule has 2 aromatic rings. The number of rotatable bonds is 7. The van der Waals surface area contributed by atoms with Crippen LogP contribution in [0.15, 0.2) is 60.7 Å². The minimum atomic E-state index is -0.231. The van der Waals surface area contributed by atoms with Crippen molar-refractivity contribution in [2.45, 2.75) is 12.5 Å². The topological polar surface area (TPSA) is 42.0 Å². The predicted octanol–water partition coefficient (Wildman–Crippen LogP) is 2.97. The second kappa shape index (κ2) is 10.0. The number of ether oxygens (including phenoxy) is 2. The summed E-state index contributed by atoms with van der Waals surface area (Å²) in [6.45, 7) is 6.38. The molecule has 29 heavy (non-hydrogen) atoms. The first-order valence-corrected chi connectivity index (χ1v) is 10.6. The summed E-state index contributed by atoms with van der Waals surface area (Å²) in [5.41, 5.74) is 2.13. The molecule has 1 amide bonds. The first-order chi connectivity index (χ1) is 14.3. The fraction of sp³-hybridized carbons (Fsp3) is 0.458. The van der Waals surface area contributed by atoms with E-state index in [1.54, 1.807) is 0 Å². The second-order valence-corrected chi connectivity index (χ2v) is 7.92. The van der Waals surface area contributed by atoms with Crippen LogP contribution in [-0.4, -0.2) is 68.3 Å². The van der Waals surface area contributed by atoms with Crippen molar-refractivity contribution in [2.24, 2.45) is 5.92 Å². The predicted molar refractivity (Wildman–Crippen MR) is 113 cm³/mol. The summed E-state index contributed by atoms with van der Waals surface area (Å²) in [4.78, 5) is 17.2. The van der Waals surface area contributed by atoms with Gasteiger partial charge in [0, 0.05) is 39.3 Å². The summed E-state index contributed by atoms with van der Waals surface area (Å²) in [7, 11) is 0. The van der Waals surface area contributed by atoms with Crippen molar-refractivity contribution in [1.29, 1.82) is 0 Å². The van der Waals surface area contributed by atoms with Crippen LogP contribution in [0.4, 0.5) is 0 Å². The average Bonchev–Trinajstić information content (AvgIpc) is 3.29. The number of amides is 1. The van der Waals surface area contributed by atoms with Gasteiger partial charge in [0.25, 0.3) is 0 Å². The van der Waals surface area contributed by atoms with Crippen molar-refractivity contribution in [3.8, 4) is 0 Å². The van der Waals surface area contributed by atoms with Crippen molar-refractivity contribution in [3.05, 3.63) is 71.8 Å². The van der Waals surface area contributed by atoms with E-state index in [0.717, 1.165) is 63.5 Å². The van der Waals surface area contributed by atoms with Crippen LogP contribution < -0.4 is 0 Å². The normalized spacial score (nSPS) is 20.3. The molecular formula is C24H30N2O3. The van der Waals surface area contributed by atoms with Crippen molar-refractivity contribution in [2.75, 3.05) is 52.5 Å². The molecule has 4 rings (SSSR count). The summed E-state index contributed by atoms with van der Waals surface area (Å²) < 4.78 is 11.6. The number of hydrogen-bond donors (Lipinski definition) is 0. The second-order valence-electron chi connectivity index (χ2n) is 7.92. The molecule has 0 spiro atoms. The van der Waals surface area contributed by atoms with Gasteiger partial charge in [-0.15, -0.1) is 0 Å². The lowest BCUT2D eigenvalue weighted by Gasteiger charge is -2.36. The molecule has 1 unspecified atom stereocenters. The van der Waals surface area contributed by atoms with Gasteiger partial charge in [-0.25, -0.2) is 0 Å². The van der Waals surface area contributed by atoms with Gasteiger partial charge in [0.15, 0.2) is 0 Å². The van der Waals surface area contributed by atoms with Gasteiger partial charge in [-0.1, -0.05) is 60.7 Å². The number of nitrogens with zero attached hydrogens (tertiary/aromatic N) is 2. The monoisotopic (exact) mass is 394 g/mol. The quantitative estimate of drug-likeness (QED) is 0.724. The smallest absolute Gasteiger partial charge is 0.248 e. The molecule has 0 N–H and O–H groups in total. The molecule has 2 aromatic carbocycles. The zero-order valence-electron chi connectivity index (χ0n) is 16.9. The van der Waals surface area contributed by atoms with E-state index >= 15 is 0 Å². The molecule has 2 aliphatic heterocycles. The van der Waals surface area contributed by atoms with Gasteiger partial charge < -0.3 is 14.4 Å². The third-order valence-electron chi connectivity index (χ3n) is 5.84. The van der Waals surface area contributed by atoms with Crippen molar-refractivity contribution in [3.63, 3.8) is 0 Å². The first kappa shape index (κ1) is 20.1. The van der Waals surface area contributed by atoms with Crippen LogP contribution in [0.2, 0.25) is 0 Å². The Morgan fingerprint density at radius 3 is 2.14 bits per heavy atom. The molecule has 5 nitrogen and oxygen atoms in total. The third-order valence-corrected chi connectivity index (χ3v) is 5.84. The van der Waals surface area contributed by atoms with Crippen LogP contribution in [0.3, 0.4) is 0 Å². The Hall–Kier alpha value is -2.21. The van der Waals surface area contributed by atoms with E-state index in [0.29, 0.717) is 5.92 Å².